The first-order valence-corrected chi connectivity index (χ1v) is 21.9. The van der Waals surface area contributed by atoms with Gasteiger partial charge in [0.15, 0.2) is 0 Å². The predicted molar refractivity (Wildman–Crippen MR) is 262 cm³/mol. The third-order valence-corrected chi connectivity index (χ3v) is 14.2. The van der Waals surface area contributed by atoms with Gasteiger partial charge in [0.25, 0.3) is 0 Å². The van der Waals surface area contributed by atoms with Crippen LogP contribution in [0.3, 0.4) is 0 Å². The lowest BCUT2D eigenvalue weighted by Gasteiger charge is -2.35. The van der Waals surface area contributed by atoms with Crippen LogP contribution < -0.4 is 0 Å². The Morgan fingerprint density at radius 1 is 0.270 bits per heavy atom. The molecule has 0 unspecified atom stereocenters. The van der Waals surface area contributed by atoms with Gasteiger partial charge in [-0.1, -0.05) is 176 Å². The first-order valence-electron chi connectivity index (χ1n) is 21.9. The molecule has 63 heavy (non-hydrogen) atoms. The number of hydrogen-bond acceptors (Lipinski definition) is 0. The van der Waals surface area contributed by atoms with Gasteiger partial charge in [-0.3, -0.25) is 0 Å². The highest BCUT2D eigenvalue weighted by Crippen LogP contribution is 2.62. The minimum Gasteiger partial charge on any atom is -0.309 e. The molecule has 0 saturated carbocycles. The summed E-state index contributed by atoms with van der Waals surface area (Å²) in [5.74, 6) is 0. The maximum atomic E-state index is 2.53. The van der Waals surface area contributed by atoms with Gasteiger partial charge in [-0.2, -0.15) is 0 Å². The van der Waals surface area contributed by atoms with Crippen molar-refractivity contribution in [2.45, 2.75) is 5.41 Å². The Morgan fingerprint density at radius 2 is 0.698 bits per heavy atom. The summed E-state index contributed by atoms with van der Waals surface area (Å²) in [6.45, 7) is 0. The lowest BCUT2D eigenvalue weighted by molar-refractivity contribution is 0.775. The van der Waals surface area contributed by atoms with E-state index < -0.39 is 5.41 Å². The lowest BCUT2D eigenvalue weighted by Crippen LogP contribution is -2.29. The standard InChI is InChI=1S/C61H38N2/c1-2-17-41(18-3-1)62-55-30-14-9-23-46(55)49-37-39(33-35-57(49)62)40-34-36-58-50(38-40)47-24-10-15-31-56(47)63(58)59-32-16-29-54-60(59)48-25-8-13-28-53(48)61(54)51-26-11-6-21-44(51)42-19-4-5-20-43(42)45-22-7-12-27-52(45)61/h1-38H. The van der Waals surface area contributed by atoms with Crippen molar-refractivity contribution in [1.29, 1.82) is 0 Å². The lowest BCUT2D eigenvalue weighted by atomic mass is 9.66. The van der Waals surface area contributed by atoms with Gasteiger partial charge in [0.05, 0.1) is 33.2 Å². The number of fused-ring (bicyclic) bond motifs is 18. The van der Waals surface area contributed by atoms with Crippen LogP contribution in [0.15, 0.2) is 231 Å². The summed E-state index contributed by atoms with van der Waals surface area (Å²) in [4.78, 5) is 0. The van der Waals surface area contributed by atoms with Gasteiger partial charge in [-0.05, 0) is 116 Å². The molecule has 0 atom stereocenters. The molecule has 2 nitrogen and oxygen atoms in total. The van der Waals surface area contributed by atoms with E-state index >= 15 is 0 Å². The zero-order valence-corrected chi connectivity index (χ0v) is 34.3. The molecule has 0 aliphatic heterocycles. The Kier molecular flexibility index (Phi) is 7.07. The fourth-order valence-electron chi connectivity index (χ4n) is 11.7. The molecule has 0 bridgehead atoms. The molecule has 0 N–H and O–H groups in total. The minimum absolute atomic E-state index is 0.539. The molecule has 14 rings (SSSR count). The molecule has 0 fully saturated rings. The van der Waals surface area contributed by atoms with E-state index in [1.165, 1.54) is 122 Å². The van der Waals surface area contributed by atoms with Gasteiger partial charge >= 0.3 is 0 Å². The quantitative estimate of drug-likeness (QED) is 0.168. The van der Waals surface area contributed by atoms with Gasteiger partial charge in [0.2, 0.25) is 0 Å². The summed E-state index contributed by atoms with van der Waals surface area (Å²) >= 11 is 0. The Labute approximate surface area is 365 Å². The van der Waals surface area contributed by atoms with E-state index in [1.54, 1.807) is 0 Å². The molecule has 2 heteroatoms. The Bertz CT molecular complexity index is 3790. The summed E-state index contributed by atoms with van der Waals surface area (Å²) < 4.78 is 4.92. The SMILES string of the molecule is c1ccc(-n2c3ccccc3c3cc(-c4ccc5c(c4)c4ccccc4n5-c4cccc5c4-c4ccccc4C54c5ccccc5-c5ccccc5-c5ccccc54)ccc32)cc1. The van der Waals surface area contributed by atoms with Gasteiger partial charge in [0.1, 0.15) is 0 Å². The van der Waals surface area contributed by atoms with Crippen molar-refractivity contribution in [3.8, 4) is 55.9 Å². The van der Waals surface area contributed by atoms with E-state index in [2.05, 4.69) is 240 Å². The van der Waals surface area contributed by atoms with E-state index in [-0.39, 0.29) is 0 Å². The zero-order valence-electron chi connectivity index (χ0n) is 34.3. The number of aromatic nitrogens is 2. The van der Waals surface area contributed by atoms with Crippen LogP contribution in [0.2, 0.25) is 0 Å². The number of nitrogens with zero attached hydrogens (tertiary/aromatic N) is 2. The third-order valence-electron chi connectivity index (χ3n) is 14.2. The molecule has 292 valence electrons. The largest absolute Gasteiger partial charge is 0.309 e. The highest BCUT2D eigenvalue weighted by Gasteiger charge is 2.50. The number of rotatable bonds is 3. The van der Waals surface area contributed by atoms with Crippen molar-refractivity contribution >= 4 is 43.6 Å². The van der Waals surface area contributed by atoms with E-state index in [0.29, 0.717) is 0 Å². The van der Waals surface area contributed by atoms with Gasteiger partial charge in [0, 0.05) is 32.8 Å². The summed E-state index contributed by atoms with van der Waals surface area (Å²) in [6.07, 6.45) is 0. The van der Waals surface area contributed by atoms with Crippen molar-refractivity contribution in [1.82, 2.24) is 9.13 Å². The van der Waals surface area contributed by atoms with Crippen LogP contribution in [-0.4, -0.2) is 9.13 Å². The van der Waals surface area contributed by atoms with Crippen molar-refractivity contribution in [2.75, 3.05) is 0 Å². The molecule has 0 amide bonds. The second kappa shape index (κ2) is 12.9. The maximum absolute atomic E-state index is 2.53. The molecule has 2 heterocycles. The Morgan fingerprint density at radius 3 is 1.30 bits per heavy atom. The van der Waals surface area contributed by atoms with Crippen molar-refractivity contribution in [3.05, 3.63) is 253 Å². The zero-order chi connectivity index (χ0) is 41.2. The van der Waals surface area contributed by atoms with Crippen molar-refractivity contribution in [2.24, 2.45) is 0 Å². The number of benzene rings is 10. The van der Waals surface area contributed by atoms with Crippen molar-refractivity contribution in [3.63, 3.8) is 0 Å². The summed E-state index contributed by atoms with van der Waals surface area (Å²) in [7, 11) is 0. The van der Waals surface area contributed by atoms with Crippen LogP contribution in [0.25, 0.3) is 99.5 Å². The Balaban J connectivity index is 1.01. The van der Waals surface area contributed by atoms with Crippen LogP contribution in [0.1, 0.15) is 22.3 Å². The average Bonchev–Trinajstić information content (AvgIpc) is 3.95. The Hall–Kier alpha value is -8.20. The molecule has 0 radical (unpaired) electrons. The van der Waals surface area contributed by atoms with E-state index in [1.807, 2.05) is 0 Å². The predicted octanol–water partition coefficient (Wildman–Crippen LogP) is 15.6. The summed E-state index contributed by atoms with van der Waals surface area (Å²) in [5, 5.41) is 5.01. The van der Waals surface area contributed by atoms with Crippen molar-refractivity contribution < 1.29 is 0 Å². The molecule has 1 spiro atoms. The highest BCUT2D eigenvalue weighted by atomic mass is 15.0. The first-order chi connectivity index (χ1) is 31.3. The highest BCUT2D eigenvalue weighted by molar-refractivity contribution is 6.13. The molecule has 12 aromatic rings. The van der Waals surface area contributed by atoms with Crippen LogP contribution in [-0.2, 0) is 5.41 Å². The normalized spacial score (nSPS) is 13.2. The van der Waals surface area contributed by atoms with E-state index in [9.17, 15) is 0 Å². The second-order valence-electron chi connectivity index (χ2n) is 17.1. The van der Waals surface area contributed by atoms with Crippen LogP contribution in [0.5, 0.6) is 0 Å². The molecule has 2 aromatic heterocycles. The fourth-order valence-corrected chi connectivity index (χ4v) is 11.7. The summed E-state index contributed by atoms with van der Waals surface area (Å²) in [5.41, 5.74) is 22.0. The van der Waals surface area contributed by atoms with Gasteiger partial charge in [-0.15, -0.1) is 0 Å². The number of para-hydroxylation sites is 3. The minimum atomic E-state index is -0.539. The molecule has 10 aromatic carbocycles. The van der Waals surface area contributed by atoms with E-state index in [4.69, 9.17) is 0 Å². The van der Waals surface area contributed by atoms with Gasteiger partial charge in [-0.25, -0.2) is 0 Å². The number of hydrogen-bond donors (Lipinski definition) is 0. The van der Waals surface area contributed by atoms with E-state index in [0.717, 1.165) is 0 Å². The molecular weight excluding hydrogens is 761 g/mol. The molecule has 0 saturated heterocycles. The van der Waals surface area contributed by atoms with Crippen LogP contribution in [0.4, 0.5) is 0 Å². The van der Waals surface area contributed by atoms with Gasteiger partial charge < -0.3 is 9.13 Å². The fraction of sp³-hybridized carbons (Fsp3) is 0.0164. The smallest absolute Gasteiger partial charge is 0.0726 e. The average molecular weight is 799 g/mol. The molecular formula is C61H38N2. The molecule has 2 aliphatic carbocycles. The summed E-state index contributed by atoms with van der Waals surface area (Å²) in [6, 6.07) is 86.0. The monoisotopic (exact) mass is 798 g/mol. The van der Waals surface area contributed by atoms with Crippen LogP contribution in [0, 0.1) is 0 Å². The topological polar surface area (TPSA) is 9.86 Å². The first kappa shape index (κ1) is 34.5. The second-order valence-corrected chi connectivity index (χ2v) is 17.1. The maximum Gasteiger partial charge on any atom is 0.0726 e. The molecule has 2 aliphatic rings. The van der Waals surface area contributed by atoms with Crippen LogP contribution >= 0.6 is 0 Å². The third kappa shape index (κ3) is 4.57.